The molecule has 2 N–H and O–H groups in total. The van der Waals surface area contributed by atoms with Crippen LogP contribution in [0.15, 0.2) is 29.2 Å². The molecule has 1 atom stereocenters. The van der Waals surface area contributed by atoms with E-state index in [9.17, 15) is 9.59 Å². The Balaban J connectivity index is 2.61. The summed E-state index contributed by atoms with van der Waals surface area (Å²) in [6.07, 6.45) is 0. The maximum Gasteiger partial charge on any atom is 0.327 e. The summed E-state index contributed by atoms with van der Waals surface area (Å²) >= 11 is 1.43. The van der Waals surface area contributed by atoms with E-state index in [0.717, 1.165) is 10.5 Å². The second kappa shape index (κ2) is 6.30. The van der Waals surface area contributed by atoms with Crippen LogP contribution in [0.4, 0.5) is 0 Å². The Kier molecular flexibility index (Phi) is 5.03. The van der Waals surface area contributed by atoms with E-state index in [0.29, 0.717) is 5.75 Å². The Morgan fingerprint density at radius 1 is 1.41 bits per heavy atom. The fraction of sp³-hybridized carbons (Fsp3) is 0.333. The number of aliphatic carboxylic acids is 1. The van der Waals surface area contributed by atoms with E-state index in [1.807, 2.05) is 31.2 Å². The van der Waals surface area contributed by atoms with Crippen molar-refractivity contribution in [2.75, 3.05) is 5.75 Å². The molecular weight excluding hydrogens is 238 g/mol. The first kappa shape index (κ1) is 13.6. The van der Waals surface area contributed by atoms with Crippen LogP contribution in [-0.2, 0) is 9.59 Å². The van der Waals surface area contributed by atoms with Crippen LogP contribution in [0.5, 0.6) is 0 Å². The second-order valence-corrected chi connectivity index (χ2v) is 4.73. The van der Waals surface area contributed by atoms with E-state index in [1.165, 1.54) is 18.7 Å². The molecule has 17 heavy (non-hydrogen) atoms. The summed E-state index contributed by atoms with van der Waals surface area (Å²) in [5, 5.41) is 11.4. The van der Waals surface area contributed by atoms with Gasteiger partial charge in [0, 0.05) is 17.6 Å². The lowest BCUT2D eigenvalue weighted by atomic mass is 10.2. The maximum atomic E-state index is 10.9. The molecule has 0 bridgehead atoms. The summed E-state index contributed by atoms with van der Waals surface area (Å²) in [5.74, 6) is -1.02. The first-order valence-corrected chi connectivity index (χ1v) is 6.17. The molecule has 0 saturated carbocycles. The number of carboxylic acids is 1. The molecule has 1 aromatic rings. The molecule has 0 aromatic heterocycles. The van der Waals surface area contributed by atoms with Crippen LogP contribution in [0.25, 0.3) is 0 Å². The third kappa shape index (κ3) is 4.48. The highest BCUT2D eigenvalue weighted by Gasteiger charge is 2.18. The minimum absolute atomic E-state index is 0.319. The molecule has 0 heterocycles. The van der Waals surface area contributed by atoms with Crippen molar-refractivity contribution in [2.24, 2.45) is 0 Å². The molecule has 0 spiro atoms. The van der Waals surface area contributed by atoms with Crippen molar-refractivity contribution in [3.63, 3.8) is 0 Å². The zero-order chi connectivity index (χ0) is 12.8. The fourth-order valence-electron chi connectivity index (χ4n) is 1.31. The average molecular weight is 253 g/mol. The van der Waals surface area contributed by atoms with Crippen molar-refractivity contribution < 1.29 is 14.7 Å². The van der Waals surface area contributed by atoms with Gasteiger partial charge in [-0.3, -0.25) is 4.79 Å². The van der Waals surface area contributed by atoms with Crippen LogP contribution in [0, 0.1) is 6.92 Å². The number of carboxylic acid groups (broad SMARTS) is 1. The van der Waals surface area contributed by atoms with Crippen LogP contribution < -0.4 is 5.32 Å². The molecule has 4 nitrogen and oxygen atoms in total. The van der Waals surface area contributed by atoms with Gasteiger partial charge in [0.15, 0.2) is 0 Å². The molecule has 0 radical (unpaired) electrons. The number of carbonyl (C=O) groups excluding carboxylic acids is 1. The number of nitrogens with one attached hydrogen (secondary N) is 1. The number of aryl methyl sites for hydroxylation is 1. The maximum absolute atomic E-state index is 10.9. The van der Waals surface area contributed by atoms with E-state index >= 15 is 0 Å². The molecule has 0 aliphatic carbocycles. The summed E-state index contributed by atoms with van der Waals surface area (Å²) in [7, 11) is 0. The van der Waals surface area contributed by atoms with Crippen molar-refractivity contribution in [1.29, 1.82) is 0 Å². The quantitative estimate of drug-likeness (QED) is 0.783. The zero-order valence-corrected chi connectivity index (χ0v) is 10.6. The SMILES string of the molecule is CC(=O)NC(CSc1ccccc1C)C(=O)O. The summed E-state index contributed by atoms with van der Waals surface area (Å²) in [6.45, 7) is 3.28. The van der Waals surface area contributed by atoms with Crippen molar-refractivity contribution in [3.8, 4) is 0 Å². The molecule has 5 heteroatoms. The van der Waals surface area contributed by atoms with E-state index in [-0.39, 0.29) is 5.91 Å². The van der Waals surface area contributed by atoms with Gasteiger partial charge in [-0.25, -0.2) is 4.79 Å². The monoisotopic (exact) mass is 253 g/mol. The van der Waals surface area contributed by atoms with Gasteiger partial charge < -0.3 is 10.4 Å². The largest absolute Gasteiger partial charge is 0.480 e. The van der Waals surface area contributed by atoms with Crippen molar-refractivity contribution in [1.82, 2.24) is 5.32 Å². The average Bonchev–Trinajstić information content (AvgIpc) is 2.25. The van der Waals surface area contributed by atoms with Gasteiger partial charge in [-0.15, -0.1) is 11.8 Å². The lowest BCUT2D eigenvalue weighted by Gasteiger charge is -2.13. The highest BCUT2D eigenvalue weighted by atomic mass is 32.2. The number of hydrogen-bond donors (Lipinski definition) is 2. The van der Waals surface area contributed by atoms with Gasteiger partial charge in [0.2, 0.25) is 5.91 Å². The van der Waals surface area contributed by atoms with Crippen LogP contribution in [0.1, 0.15) is 12.5 Å². The first-order chi connectivity index (χ1) is 8.00. The van der Waals surface area contributed by atoms with Gasteiger partial charge in [0.25, 0.3) is 0 Å². The molecule has 0 fully saturated rings. The number of hydrogen-bond acceptors (Lipinski definition) is 3. The van der Waals surface area contributed by atoms with Crippen LogP contribution >= 0.6 is 11.8 Å². The van der Waals surface area contributed by atoms with E-state index in [4.69, 9.17) is 5.11 Å². The van der Waals surface area contributed by atoms with Gasteiger partial charge in [0.1, 0.15) is 6.04 Å². The number of benzene rings is 1. The lowest BCUT2D eigenvalue weighted by molar-refractivity contribution is -0.140. The van der Waals surface area contributed by atoms with Crippen molar-refractivity contribution in [3.05, 3.63) is 29.8 Å². The molecule has 1 unspecified atom stereocenters. The predicted octanol–water partition coefficient (Wildman–Crippen LogP) is 1.68. The smallest absolute Gasteiger partial charge is 0.327 e. The molecule has 92 valence electrons. The second-order valence-electron chi connectivity index (χ2n) is 3.67. The Morgan fingerprint density at radius 3 is 2.59 bits per heavy atom. The van der Waals surface area contributed by atoms with Gasteiger partial charge in [-0.05, 0) is 18.6 Å². The predicted molar refractivity (Wildman–Crippen MR) is 67.1 cm³/mol. The molecule has 1 aromatic carbocycles. The molecule has 1 rings (SSSR count). The Hall–Kier alpha value is -1.49. The van der Waals surface area contributed by atoms with E-state index in [1.54, 1.807) is 0 Å². The Bertz CT molecular complexity index is 420. The Labute approximate surface area is 104 Å². The third-order valence-corrected chi connectivity index (χ3v) is 3.44. The minimum Gasteiger partial charge on any atom is -0.480 e. The highest BCUT2D eigenvalue weighted by Crippen LogP contribution is 2.22. The number of carbonyl (C=O) groups is 2. The van der Waals surface area contributed by atoms with Gasteiger partial charge in [-0.1, -0.05) is 18.2 Å². The van der Waals surface area contributed by atoms with Crippen molar-refractivity contribution >= 4 is 23.6 Å². The number of amides is 1. The van der Waals surface area contributed by atoms with Gasteiger partial charge in [-0.2, -0.15) is 0 Å². The lowest BCUT2D eigenvalue weighted by Crippen LogP contribution is -2.41. The number of thioether (sulfide) groups is 1. The third-order valence-electron chi connectivity index (χ3n) is 2.17. The molecule has 1 amide bonds. The van der Waals surface area contributed by atoms with Crippen LogP contribution in [0.3, 0.4) is 0 Å². The highest BCUT2D eigenvalue weighted by molar-refractivity contribution is 7.99. The summed E-state index contributed by atoms with van der Waals surface area (Å²) in [5.41, 5.74) is 1.10. The normalized spacial score (nSPS) is 11.9. The summed E-state index contributed by atoms with van der Waals surface area (Å²) in [6, 6.07) is 6.89. The Morgan fingerprint density at radius 2 is 2.06 bits per heavy atom. The van der Waals surface area contributed by atoms with Crippen molar-refractivity contribution in [2.45, 2.75) is 24.8 Å². The molecule has 0 aliphatic heterocycles. The van der Waals surface area contributed by atoms with Crippen LogP contribution in [-0.4, -0.2) is 28.8 Å². The minimum atomic E-state index is -1.01. The van der Waals surface area contributed by atoms with Crippen LogP contribution in [0.2, 0.25) is 0 Å². The van der Waals surface area contributed by atoms with E-state index < -0.39 is 12.0 Å². The van der Waals surface area contributed by atoms with E-state index in [2.05, 4.69) is 5.32 Å². The first-order valence-electron chi connectivity index (χ1n) is 5.19. The summed E-state index contributed by atoms with van der Waals surface area (Å²) < 4.78 is 0. The molecule has 0 saturated heterocycles. The van der Waals surface area contributed by atoms with Gasteiger partial charge >= 0.3 is 5.97 Å². The standard InChI is InChI=1S/C12H15NO3S/c1-8-5-3-4-6-11(8)17-7-10(12(15)16)13-9(2)14/h3-6,10H,7H2,1-2H3,(H,13,14)(H,15,16). The summed E-state index contributed by atoms with van der Waals surface area (Å²) in [4.78, 5) is 22.8. The topological polar surface area (TPSA) is 66.4 Å². The fourth-order valence-corrected chi connectivity index (χ4v) is 2.35. The zero-order valence-electron chi connectivity index (χ0n) is 9.77. The van der Waals surface area contributed by atoms with Gasteiger partial charge in [0.05, 0.1) is 0 Å². The number of rotatable bonds is 5. The molecular formula is C12H15NO3S. The molecule has 0 aliphatic rings.